The van der Waals surface area contributed by atoms with Gasteiger partial charge in [-0.3, -0.25) is 0 Å². The molecule has 0 heterocycles. The molecule has 2 nitrogen and oxygen atoms in total. The van der Waals surface area contributed by atoms with E-state index in [0.717, 1.165) is 0 Å². The summed E-state index contributed by atoms with van der Waals surface area (Å²) >= 11 is 0. The maximum absolute atomic E-state index is 12.1. The zero-order valence-corrected chi connectivity index (χ0v) is 29.5. The molecule has 0 N–H and O–H groups in total. The van der Waals surface area contributed by atoms with E-state index < -0.39 is 34.8 Å². The summed E-state index contributed by atoms with van der Waals surface area (Å²) < 4.78 is 61.9. The number of unbranched alkanes of at least 4 members (excludes halogenated alkanes) is 20. The molecule has 0 fully saturated rings. The highest BCUT2D eigenvalue weighted by Gasteiger charge is 2.26. The molecule has 0 amide bonds. The van der Waals surface area contributed by atoms with Crippen LogP contribution in [-0.4, -0.2) is 30.7 Å². The van der Waals surface area contributed by atoms with Crippen molar-refractivity contribution < 1.29 is 31.5 Å². The van der Waals surface area contributed by atoms with E-state index in [0.29, 0.717) is 0 Å². The van der Waals surface area contributed by atoms with Crippen LogP contribution >= 0.6 is 0 Å². The van der Waals surface area contributed by atoms with Crippen molar-refractivity contribution in [2.45, 2.75) is 182 Å². The highest BCUT2D eigenvalue weighted by atomic mass is 19.2. The Morgan fingerprint density at radius 2 is 0.533 bits per heavy atom. The summed E-state index contributed by atoms with van der Waals surface area (Å²) in [6.45, 7) is 15.3. The molecule has 1 rings (SSSR count). The van der Waals surface area contributed by atoms with Gasteiger partial charge in [0.05, 0.1) is 26.2 Å². The lowest BCUT2D eigenvalue weighted by Gasteiger charge is -2.40. The molecule has 0 bridgehead atoms. The van der Waals surface area contributed by atoms with Crippen LogP contribution in [0.15, 0.2) is 0 Å². The van der Waals surface area contributed by atoms with E-state index in [2.05, 4.69) is 27.7 Å². The van der Waals surface area contributed by atoms with Crippen LogP contribution in [-0.2, 0) is 0 Å². The van der Waals surface area contributed by atoms with Crippen molar-refractivity contribution in [1.29, 1.82) is 0 Å². The van der Waals surface area contributed by atoms with Crippen molar-refractivity contribution in [3.8, 4) is 5.75 Å². The summed E-state index contributed by atoms with van der Waals surface area (Å²) in [6.07, 6.45) is 34.8. The van der Waals surface area contributed by atoms with Crippen molar-refractivity contribution in [1.82, 2.24) is 0 Å². The zero-order valence-electron chi connectivity index (χ0n) is 29.5. The molecule has 0 aromatic heterocycles. The highest BCUT2D eigenvalue weighted by Crippen LogP contribution is 2.25. The Balaban J connectivity index is 0.00000133. The molecule has 266 valence electrons. The fourth-order valence-electron chi connectivity index (χ4n) is 6.17. The third-order valence-corrected chi connectivity index (χ3v) is 9.11. The fraction of sp³-hybridized carbons (Fsp3) is 0.842. The monoisotopic (exact) mass is 650 g/mol. The Labute approximate surface area is 274 Å². The quantitative estimate of drug-likeness (QED) is 0.0291. The first-order chi connectivity index (χ1) is 21.7. The molecule has 0 aliphatic rings. The van der Waals surface area contributed by atoms with E-state index >= 15 is 0 Å². The van der Waals surface area contributed by atoms with Gasteiger partial charge >= 0.3 is 0 Å². The summed E-state index contributed by atoms with van der Waals surface area (Å²) in [5.74, 6) is -13.6. The number of hydrogen-bond acceptors (Lipinski definition) is 1. The summed E-state index contributed by atoms with van der Waals surface area (Å²) in [7, 11) is 0. The van der Waals surface area contributed by atoms with Crippen LogP contribution in [0.1, 0.15) is 182 Å². The first-order valence-corrected chi connectivity index (χ1v) is 18.7. The van der Waals surface area contributed by atoms with Crippen LogP contribution in [0.4, 0.5) is 22.0 Å². The first kappa shape index (κ1) is 43.6. The third-order valence-electron chi connectivity index (χ3n) is 9.11. The van der Waals surface area contributed by atoms with E-state index in [-0.39, 0.29) is 0 Å². The number of nitrogens with zero attached hydrogens (tertiary/aromatic N) is 1. The van der Waals surface area contributed by atoms with Gasteiger partial charge in [-0.2, -0.15) is 0 Å². The molecule has 0 radical (unpaired) electrons. The Kier molecular flexibility index (Phi) is 27.9. The number of halogens is 5. The minimum atomic E-state index is -2.33. The standard InChI is InChI=1S/C32H68N.C6HF5O/c1-5-9-13-17-21-25-29-33(30-26-22-18-14-10-6-2,31-27-23-19-15-11-7-3)32-28-24-20-16-12-8-4;7-1-2(8)4(10)6(12)5(11)3(1)9/h5-32H2,1-4H3;12H/q+1;/p-1. The van der Waals surface area contributed by atoms with Crippen molar-refractivity contribution in [3.05, 3.63) is 29.1 Å². The molecular weight excluding hydrogens is 581 g/mol. The molecule has 7 heteroatoms. The lowest BCUT2D eigenvalue weighted by molar-refractivity contribution is -0.929. The van der Waals surface area contributed by atoms with Crippen LogP contribution < -0.4 is 5.11 Å². The molecule has 0 spiro atoms. The van der Waals surface area contributed by atoms with E-state index in [1.807, 2.05) is 0 Å². The normalized spacial score (nSPS) is 11.6. The summed E-state index contributed by atoms with van der Waals surface area (Å²) in [4.78, 5) is 0. The van der Waals surface area contributed by atoms with E-state index in [1.54, 1.807) is 0 Å². The second-order valence-corrected chi connectivity index (χ2v) is 13.2. The summed E-state index contributed by atoms with van der Waals surface area (Å²) in [5.41, 5.74) is 0. The second-order valence-electron chi connectivity index (χ2n) is 13.2. The number of quaternary nitrogens is 1. The molecule has 0 atom stereocenters. The average molecular weight is 650 g/mol. The lowest BCUT2D eigenvalue weighted by Crippen LogP contribution is -2.50. The second kappa shape index (κ2) is 28.8. The van der Waals surface area contributed by atoms with Gasteiger partial charge in [-0.15, -0.1) is 0 Å². The minimum Gasteiger partial charge on any atom is -0.868 e. The largest absolute Gasteiger partial charge is 0.868 e. The van der Waals surface area contributed by atoms with Crippen molar-refractivity contribution in [2.75, 3.05) is 26.2 Å². The highest BCUT2D eigenvalue weighted by molar-refractivity contribution is 5.26. The zero-order chi connectivity index (χ0) is 33.8. The molecule has 0 aliphatic carbocycles. The number of rotatable bonds is 28. The molecule has 1 aromatic carbocycles. The van der Waals surface area contributed by atoms with Gasteiger partial charge in [-0.05, 0) is 57.1 Å². The van der Waals surface area contributed by atoms with Crippen LogP contribution in [0.25, 0.3) is 0 Å². The molecule has 45 heavy (non-hydrogen) atoms. The van der Waals surface area contributed by atoms with E-state index in [9.17, 15) is 27.1 Å². The maximum Gasteiger partial charge on any atom is 0.200 e. The van der Waals surface area contributed by atoms with Crippen molar-refractivity contribution >= 4 is 0 Å². The van der Waals surface area contributed by atoms with Crippen molar-refractivity contribution in [2.24, 2.45) is 0 Å². The number of benzene rings is 1. The average Bonchev–Trinajstić information content (AvgIpc) is 3.05. The molecular formula is C38H68F5NO. The van der Waals surface area contributed by atoms with Gasteiger partial charge in [0, 0.05) is 0 Å². The van der Waals surface area contributed by atoms with Crippen molar-refractivity contribution in [3.63, 3.8) is 0 Å². The molecule has 0 saturated heterocycles. The Bertz CT molecular complexity index is 660. The summed E-state index contributed by atoms with van der Waals surface area (Å²) in [5, 5.41) is 10.2. The predicted molar refractivity (Wildman–Crippen MR) is 179 cm³/mol. The SMILES string of the molecule is CCCCCCCC[N+](CCCCCCCC)(CCCCCCCC)CCCCCCCC.[O-]c1c(F)c(F)c(F)c(F)c1F. The minimum absolute atomic E-state index is 1.37. The lowest BCUT2D eigenvalue weighted by atomic mass is 10.0. The number of hydrogen-bond donors (Lipinski definition) is 0. The van der Waals surface area contributed by atoms with Gasteiger partial charge < -0.3 is 9.59 Å². The molecule has 0 unspecified atom stereocenters. The first-order valence-electron chi connectivity index (χ1n) is 18.7. The topological polar surface area (TPSA) is 23.1 Å². The molecule has 0 saturated carbocycles. The van der Waals surface area contributed by atoms with Crippen LogP contribution in [0, 0.1) is 29.1 Å². The van der Waals surface area contributed by atoms with E-state index in [4.69, 9.17) is 0 Å². The third kappa shape index (κ3) is 20.5. The van der Waals surface area contributed by atoms with Gasteiger partial charge in [0.25, 0.3) is 0 Å². The molecule has 0 aliphatic heterocycles. The van der Waals surface area contributed by atoms with Crippen LogP contribution in [0.3, 0.4) is 0 Å². The van der Waals surface area contributed by atoms with Gasteiger partial charge in [0.15, 0.2) is 29.1 Å². The van der Waals surface area contributed by atoms with Gasteiger partial charge in [0.1, 0.15) is 0 Å². The maximum atomic E-state index is 12.1. The van der Waals surface area contributed by atoms with Crippen LogP contribution in [0.2, 0.25) is 0 Å². The predicted octanol–water partition coefficient (Wildman–Crippen LogP) is 12.7. The van der Waals surface area contributed by atoms with Crippen LogP contribution in [0.5, 0.6) is 5.75 Å². The van der Waals surface area contributed by atoms with Gasteiger partial charge in [0.2, 0.25) is 0 Å². The Morgan fingerprint density at radius 1 is 0.333 bits per heavy atom. The fourth-order valence-corrected chi connectivity index (χ4v) is 6.17. The summed E-state index contributed by atoms with van der Waals surface area (Å²) in [6, 6.07) is 0. The Morgan fingerprint density at radius 3 is 0.778 bits per heavy atom. The Hall–Kier alpha value is -1.37. The van der Waals surface area contributed by atoms with Gasteiger partial charge in [-0.1, -0.05) is 130 Å². The molecule has 1 aromatic rings. The van der Waals surface area contributed by atoms with Gasteiger partial charge in [-0.25, -0.2) is 22.0 Å². The van der Waals surface area contributed by atoms with E-state index in [1.165, 1.54) is 185 Å². The smallest absolute Gasteiger partial charge is 0.200 e.